The average Bonchev–Trinajstić information content (AvgIpc) is 1.86. The van der Waals surface area contributed by atoms with Crippen molar-refractivity contribution in [3.05, 3.63) is 12.7 Å². The van der Waals surface area contributed by atoms with E-state index in [2.05, 4.69) is 6.58 Å². The molecular formula is C9H19NO. The molecule has 0 aliphatic heterocycles. The molecule has 0 rings (SSSR count). The van der Waals surface area contributed by atoms with Gasteiger partial charge in [0, 0.05) is 6.54 Å². The number of aliphatic hydroxyl groups is 1. The monoisotopic (exact) mass is 157 g/mol. The molecule has 11 heavy (non-hydrogen) atoms. The minimum atomic E-state index is -0.811. The lowest BCUT2D eigenvalue weighted by Gasteiger charge is -2.38. The number of hydrogen-bond acceptors (Lipinski definition) is 2. The predicted octanol–water partition coefficient (Wildman–Crippen LogP) is 1.30. The normalized spacial score (nSPS) is 17.5. The zero-order valence-electron chi connectivity index (χ0n) is 7.72. The Labute approximate surface area is 69.1 Å². The maximum Gasteiger partial charge on any atom is 0.0851 e. The fourth-order valence-corrected chi connectivity index (χ4v) is 0.934. The van der Waals surface area contributed by atoms with Crippen LogP contribution >= 0.6 is 0 Å². The van der Waals surface area contributed by atoms with E-state index in [9.17, 15) is 5.11 Å². The van der Waals surface area contributed by atoms with Crippen molar-refractivity contribution < 1.29 is 5.11 Å². The molecule has 1 unspecified atom stereocenters. The molecule has 0 heterocycles. The molecule has 0 aromatic carbocycles. The molecule has 0 aromatic heterocycles. The molecule has 3 N–H and O–H groups in total. The van der Waals surface area contributed by atoms with Crippen LogP contribution in [0.1, 0.15) is 27.2 Å². The minimum absolute atomic E-state index is 0.185. The topological polar surface area (TPSA) is 46.2 Å². The van der Waals surface area contributed by atoms with Crippen molar-refractivity contribution >= 4 is 0 Å². The van der Waals surface area contributed by atoms with Crippen LogP contribution in [0.2, 0.25) is 0 Å². The summed E-state index contributed by atoms with van der Waals surface area (Å²) in [6, 6.07) is 0. The van der Waals surface area contributed by atoms with Gasteiger partial charge in [-0.1, -0.05) is 26.8 Å². The van der Waals surface area contributed by atoms with Crippen molar-refractivity contribution in [3.8, 4) is 0 Å². The Morgan fingerprint density at radius 2 is 1.91 bits per heavy atom. The lowest BCUT2D eigenvalue weighted by atomic mass is 9.74. The van der Waals surface area contributed by atoms with E-state index < -0.39 is 5.60 Å². The van der Waals surface area contributed by atoms with Crippen LogP contribution in [0.25, 0.3) is 0 Å². The SMILES string of the molecule is C=CCC(O)(CN)C(C)(C)C. The Bertz CT molecular complexity index is 137. The van der Waals surface area contributed by atoms with Crippen LogP contribution in [0.4, 0.5) is 0 Å². The summed E-state index contributed by atoms with van der Waals surface area (Å²) in [5.74, 6) is 0. The van der Waals surface area contributed by atoms with Crippen molar-refractivity contribution in [3.63, 3.8) is 0 Å². The van der Waals surface area contributed by atoms with Crippen molar-refractivity contribution in [2.24, 2.45) is 11.1 Å². The highest BCUT2D eigenvalue weighted by Gasteiger charge is 2.37. The van der Waals surface area contributed by atoms with Crippen molar-refractivity contribution in [2.75, 3.05) is 6.54 Å². The van der Waals surface area contributed by atoms with Crippen LogP contribution in [-0.2, 0) is 0 Å². The zero-order valence-corrected chi connectivity index (χ0v) is 7.72. The molecule has 66 valence electrons. The van der Waals surface area contributed by atoms with Crippen LogP contribution in [0.15, 0.2) is 12.7 Å². The summed E-state index contributed by atoms with van der Waals surface area (Å²) in [7, 11) is 0. The Kier molecular flexibility index (Phi) is 3.27. The second-order valence-electron chi connectivity index (χ2n) is 3.98. The molecule has 0 spiro atoms. The van der Waals surface area contributed by atoms with Crippen LogP contribution in [0.3, 0.4) is 0 Å². The van der Waals surface area contributed by atoms with E-state index in [-0.39, 0.29) is 12.0 Å². The molecule has 0 bridgehead atoms. The fraction of sp³-hybridized carbons (Fsp3) is 0.778. The van der Waals surface area contributed by atoms with Gasteiger partial charge in [-0.2, -0.15) is 0 Å². The third kappa shape index (κ3) is 2.31. The molecule has 1 atom stereocenters. The van der Waals surface area contributed by atoms with Gasteiger partial charge in [-0.3, -0.25) is 0 Å². The van der Waals surface area contributed by atoms with E-state index in [1.807, 2.05) is 20.8 Å². The predicted molar refractivity (Wildman–Crippen MR) is 48.3 cm³/mol. The third-order valence-corrected chi connectivity index (χ3v) is 2.22. The summed E-state index contributed by atoms with van der Waals surface area (Å²) in [4.78, 5) is 0. The first-order chi connectivity index (χ1) is 4.87. The van der Waals surface area contributed by atoms with Crippen molar-refractivity contribution in [1.82, 2.24) is 0 Å². The molecule has 2 nitrogen and oxygen atoms in total. The molecule has 0 aromatic rings. The highest BCUT2D eigenvalue weighted by molar-refractivity contribution is 4.96. The summed E-state index contributed by atoms with van der Waals surface area (Å²) in [6.45, 7) is 9.80. The van der Waals surface area contributed by atoms with Crippen molar-refractivity contribution in [1.29, 1.82) is 0 Å². The quantitative estimate of drug-likeness (QED) is 0.606. The molecule has 0 saturated heterocycles. The van der Waals surface area contributed by atoms with Crippen LogP contribution in [0, 0.1) is 5.41 Å². The van der Waals surface area contributed by atoms with Gasteiger partial charge >= 0.3 is 0 Å². The second-order valence-corrected chi connectivity index (χ2v) is 3.98. The first-order valence-electron chi connectivity index (χ1n) is 3.91. The van der Waals surface area contributed by atoms with E-state index in [4.69, 9.17) is 5.73 Å². The van der Waals surface area contributed by atoms with Gasteiger partial charge in [0.05, 0.1) is 5.60 Å². The van der Waals surface area contributed by atoms with Gasteiger partial charge in [-0.25, -0.2) is 0 Å². The van der Waals surface area contributed by atoms with Gasteiger partial charge in [0.15, 0.2) is 0 Å². The average molecular weight is 157 g/mol. The van der Waals surface area contributed by atoms with Crippen molar-refractivity contribution in [2.45, 2.75) is 32.8 Å². The van der Waals surface area contributed by atoms with Gasteiger partial charge < -0.3 is 10.8 Å². The number of hydrogen-bond donors (Lipinski definition) is 2. The first-order valence-corrected chi connectivity index (χ1v) is 3.91. The smallest absolute Gasteiger partial charge is 0.0851 e. The lowest BCUT2D eigenvalue weighted by molar-refractivity contribution is -0.0467. The molecular weight excluding hydrogens is 138 g/mol. The fourth-order valence-electron chi connectivity index (χ4n) is 0.934. The van der Waals surface area contributed by atoms with E-state index >= 15 is 0 Å². The molecule has 0 fully saturated rings. The van der Waals surface area contributed by atoms with Gasteiger partial charge in [0.25, 0.3) is 0 Å². The van der Waals surface area contributed by atoms with Gasteiger partial charge in [0.2, 0.25) is 0 Å². The summed E-state index contributed by atoms with van der Waals surface area (Å²) in [6.07, 6.45) is 2.26. The summed E-state index contributed by atoms with van der Waals surface area (Å²) in [5, 5.41) is 9.96. The third-order valence-electron chi connectivity index (χ3n) is 2.22. The molecule has 0 saturated carbocycles. The molecule has 0 aliphatic rings. The Morgan fingerprint density at radius 1 is 1.45 bits per heavy atom. The maximum absolute atomic E-state index is 9.96. The minimum Gasteiger partial charge on any atom is -0.388 e. The van der Waals surface area contributed by atoms with Gasteiger partial charge in [-0.05, 0) is 11.8 Å². The molecule has 2 heteroatoms. The highest BCUT2D eigenvalue weighted by atomic mass is 16.3. The Balaban J connectivity index is 4.45. The standard InChI is InChI=1S/C9H19NO/c1-5-6-9(11,7-10)8(2,3)4/h5,11H,1,6-7,10H2,2-4H3. The summed E-state index contributed by atoms with van der Waals surface area (Å²) >= 11 is 0. The maximum atomic E-state index is 9.96. The molecule has 0 radical (unpaired) electrons. The largest absolute Gasteiger partial charge is 0.388 e. The van der Waals surface area contributed by atoms with E-state index in [0.29, 0.717) is 6.42 Å². The first kappa shape index (κ1) is 10.7. The van der Waals surface area contributed by atoms with E-state index in [0.717, 1.165) is 0 Å². The van der Waals surface area contributed by atoms with E-state index in [1.165, 1.54) is 0 Å². The van der Waals surface area contributed by atoms with E-state index in [1.54, 1.807) is 6.08 Å². The number of rotatable bonds is 3. The van der Waals surface area contributed by atoms with Gasteiger partial charge in [0.1, 0.15) is 0 Å². The Morgan fingerprint density at radius 3 is 2.00 bits per heavy atom. The van der Waals surface area contributed by atoms with Gasteiger partial charge in [-0.15, -0.1) is 6.58 Å². The second kappa shape index (κ2) is 3.37. The molecule has 0 aliphatic carbocycles. The Hall–Kier alpha value is -0.340. The number of nitrogens with two attached hydrogens (primary N) is 1. The van der Waals surface area contributed by atoms with Crippen LogP contribution < -0.4 is 5.73 Å². The summed E-state index contributed by atoms with van der Waals surface area (Å²) < 4.78 is 0. The zero-order chi connectivity index (χ0) is 9.12. The summed E-state index contributed by atoms with van der Waals surface area (Å²) in [5.41, 5.74) is 4.49. The highest BCUT2D eigenvalue weighted by Crippen LogP contribution is 2.32. The lowest BCUT2D eigenvalue weighted by Crippen LogP contribution is -2.48. The van der Waals surface area contributed by atoms with Crippen LogP contribution in [0.5, 0.6) is 0 Å². The molecule has 0 amide bonds. The van der Waals surface area contributed by atoms with Crippen LogP contribution in [-0.4, -0.2) is 17.3 Å².